The van der Waals surface area contributed by atoms with Crippen LogP contribution >= 0.6 is 0 Å². The topological polar surface area (TPSA) is 55.6 Å². The number of amides is 1. The van der Waals surface area contributed by atoms with E-state index < -0.39 is 0 Å². The van der Waals surface area contributed by atoms with E-state index in [1.807, 2.05) is 30.3 Å². The predicted octanol–water partition coefficient (Wildman–Crippen LogP) is 2.85. The number of nitrogens with zero attached hydrogens (tertiary/aromatic N) is 2. The van der Waals surface area contributed by atoms with Crippen LogP contribution in [-0.2, 0) is 0 Å². The van der Waals surface area contributed by atoms with Crippen LogP contribution in [0.3, 0.4) is 0 Å². The average molecular weight is 298 g/mol. The van der Waals surface area contributed by atoms with Gasteiger partial charge in [0.2, 0.25) is 0 Å². The van der Waals surface area contributed by atoms with Gasteiger partial charge in [0, 0.05) is 24.9 Å². The number of hydrogen-bond donors (Lipinski definition) is 0. The molecule has 0 unspecified atom stereocenters. The molecule has 2 fully saturated rings. The van der Waals surface area contributed by atoms with Crippen molar-refractivity contribution in [3.63, 3.8) is 0 Å². The Morgan fingerprint density at radius 2 is 2.05 bits per heavy atom. The molecule has 5 nitrogen and oxygen atoms in total. The molecule has 2 heterocycles. The molecule has 22 heavy (non-hydrogen) atoms. The monoisotopic (exact) mass is 298 g/mol. The van der Waals surface area contributed by atoms with Crippen molar-refractivity contribution in [1.29, 1.82) is 0 Å². The highest BCUT2D eigenvalue weighted by atomic mass is 16.5. The number of likely N-dealkylation sites (tertiary alicyclic amines) is 1. The molecule has 2 aromatic rings. The summed E-state index contributed by atoms with van der Waals surface area (Å²) in [5.41, 5.74) is 0.419. The molecule has 4 rings (SSSR count). The quantitative estimate of drug-likeness (QED) is 0.871. The molecule has 1 atom stereocenters. The average Bonchev–Trinajstić information content (AvgIpc) is 3.10. The molecule has 2 aliphatic rings. The highest BCUT2D eigenvalue weighted by molar-refractivity contribution is 5.92. The molecule has 1 aliphatic carbocycles. The third-order valence-electron chi connectivity index (χ3n) is 4.21. The number of para-hydroxylation sites is 1. The second-order valence-corrected chi connectivity index (χ2v) is 5.98. The van der Waals surface area contributed by atoms with Gasteiger partial charge in [0.05, 0.1) is 6.54 Å². The Balaban J connectivity index is 1.38. The first-order valence-electron chi connectivity index (χ1n) is 7.77. The minimum Gasteiger partial charge on any atom is -0.489 e. The van der Waals surface area contributed by atoms with Gasteiger partial charge in [0.1, 0.15) is 17.6 Å². The molecule has 1 saturated carbocycles. The maximum absolute atomic E-state index is 12.4. The van der Waals surface area contributed by atoms with Crippen LogP contribution in [0.25, 0.3) is 0 Å². The van der Waals surface area contributed by atoms with Gasteiger partial charge in [0.25, 0.3) is 5.91 Å². The second kappa shape index (κ2) is 5.48. The molecule has 0 N–H and O–H groups in total. The van der Waals surface area contributed by atoms with Crippen LogP contribution in [0.5, 0.6) is 5.75 Å². The molecule has 1 aromatic heterocycles. The SMILES string of the molecule is O=C(c1cc(C2CC2)on1)N1CC[C@@H](Oc2ccccc2)C1. The van der Waals surface area contributed by atoms with Gasteiger partial charge in [-0.2, -0.15) is 0 Å². The van der Waals surface area contributed by atoms with E-state index in [2.05, 4.69) is 5.16 Å². The third-order valence-corrected chi connectivity index (χ3v) is 4.21. The van der Waals surface area contributed by atoms with Crippen LogP contribution in [0.1, 0.15) is 41.4 Å². The molecule has 1 amide bonds. The van der Waals surface area contributed by atoms with Gasteiger partial charge in [0.15, 0.2) is 5.69 Å². The van der Waals surface area contributed by atoms with Crippen LogP contribution in [0, 0.1) is 0 Å². The van der Waals surface area contributed by atoms with Gasteiger partial charge in [-0.05, 0) is 25.0 Å². The Morgan fingerprint density at radius 1 is 1.23 bits per heavy atom. The Morgan fingerprint density at radius 3 is 2.82 bits per heavy atom. The first-order valence-corrected chi connectivity index (χ1v) is 7.77. The van der Waals surface area contributed by atoms with Gasteiger partial charge in [-0.15, -0.1) is 0 Å². The number of hydrogen-bond acceptors (Lipinski definition) is 4. The summed E-state index contributed by atoms with van der Waals surface area (Å²) in [5, 5.41) is 3.92. The zero-order valence-corrected chi connectivity index (χ0v) is 12.3. The number of carbonyl (C=O) groups is 1. The summed E-state index contributed by atoms with van der Waals surface area (Å²) in [6.45, 7) is 1.29. The summed E-state index contributed by atoms with van der Waals surface area (Å²) in [6.07, 6.45) is 3.16. The minimum atomic E-state index is -0.0604. The lowest BCUT2D eigenvalue weighted by molar-refractivity contribution is 0.0762. The Labute approximate surface area is 128 Å². The van der Waals surface area contributed by atoms with Crippen molar-refractivity contribution in [3.05, 3.63) is 47.9 Å². The fourth-order valence-electron chi connectivity index (χ4n) is 2.81. The smallest absolute Gasteiger partial charge is 0.276 e. The maximum atomic E-state index is 12.4. The summed E-state index contributed by atoms with van der Waals surface area (Å²) in [4.78, 5) is 14.2. The normalized spacial score (nSPS) is 21.1. The van der Waals surface area contributed by atoms with Crippen molar-refractivity contribution in [2.24, 2.45) is 0 Å². The molecular formula is C17H18N2O3. The van der Waals surface area contributed by atoms with Crippen molar-refractivity contribution in [1.82, 2.24) is 10.1 Å². The van der Waals surface area contributed by atoms with Crippen molar-refractivity contribution in [2.75, 3.05) is 13.1 Å². The highest BCUT2D eigenvalue weighted by Gasteiger charge is 2.32. The fraction of sp³-hybridized carbons (Fsp3) is 0.412. The fourth-order valence-corrected chi connectivity index (χ4v) is 2.81. The molecule has 0 radical (unpaired) electrons. The summed E-state index contributed by atoms with van der Waals surface area (Å²) in [6, 6.07) is 11.5. The first kappa shape index (κ1) is 13.4. The van der Waals surface area contributed by atoms with Crippen LogP contribution < -0.4 is 4.74 Å². The molecule has 114 valence electrons. The van der Waals surface area contributed by atoms with Gasteiger partial charge in [-0.1, -0.05) is 23.4 Å². The van der Waals surface area contributed by atoms with Crippen LogP contribution in [0.15, 0.2) is 40.9 Å². The van der Waals surface area contributed by atoms with Crippen molar-refractivity contribution >= 4 is 5.91 Å². The Kier molecular flexibility index (Phi) is 3.33. The largest absolute Gasteiger partial charge is 0.489 e. The van der Waals surface area contributed by atoms with Gasteiger partial charge in [-0.3, -0.25) is 4.79 Å². The van der Waals surface area contributed by atoms with E-state index in [4.69, 9.17) is 9.26 Å². The lowest BCUT2D eigenvalue weighted by Gasteiger charge is -2.16. The van der Waals surface area contributed by atoms with Crippen LogP contribution in [-0.4, -0.2) is 35.2 Å². The number of benzene rings is 1. The highest BCUT2D eigenvalue weighted by Crippen LogP contribution is 2.40. The van der Waals surface area contributed by atoms with E-state index in [0.29, 0.717) is 24.7 Å². The Hall–Kier alpha value is -2.30. The zero-order valence-electron chi connectivity index (χ0n) is 12.3. The minimum absolute atomic E-state index is 0.0427. The summed E-state index contributed by atoms with van der Waals surface area (Å²) < 4.78 is 11.2. The number of ether oxygens (including phenoxy) is 1. The van der Waals surface area contributed by atoms with E-state index >= 15 is 0 Å². The van der Waals surface area contributed by atoms with E-state index in [0.717, 1.165) is 30.8 Å². The summed E-state index contributed by atoms with van der Waals surface area (Å²) in [7, 11) is 0. The number of rotatable bonds is 4. The van der Waals surface area contributed by atoms with Crippen LogP contribution in [0.4, 0.5) is 0 Å². The predicted molar refractivity (Wildman–Crippen MR) is 79.9 cm³/mol. The van der Waals surface area contributed by atoms with Gasteiger partial charge < -0.3 is 14.2 Å². The van der Waals surface area contributed by atoms with Crippen LogP contribution in [0.2, 0.25) is 0 Å². The summed E-state index contributed by atoms with van der Waals surface area (Å²) >= 11 is 0. The Bertz CT molecular complexity index is 664. The van der Waals surface area contributed by atoms with Gasteiger partial charge >= 0.3 is 0 Å². The lowest BCUT2D eigenvalue weighted by Crippen LogP contribution is -2.31. The molecule has 1 aliphatic heterocycles. The third kappa shape index (κ3) is 2.71. The van der Waals surface area contributed by atoms with Crippen molar-refractivity contribution in [3.8, 4) is 5.75 Å². The molecular weight excluding hydrogens is 280 g/mol. The van der Waals surface area contributed by atoms with Crippen molar-refractivity contribution in [2.45, 2.75) is 31.3 Å². The van der Waals surface area contributed by atoms with E-state index in [9.17, 15) is 4.79 Å². The van der Waals surface area contributed by atoms with Crippen molar-refractivity contribution < 1.29 is 14.1 Å². The number of carbonyl (C=O) groups excluding carboxylic acids is 1. The molecule has 0 bridgehead atoms. The van der Waals surface area contributed by atoms with E-state index in [-0.39, 0.29) is 12.0 Å². The van der Waals surface area contributed by atoms with E-state index in [1.54, 1.807) is 11.0 Å². The van der Waals surface area contributed by atoms with E-state index in [1.165, 1.54) is 0 Å². The molecule has 0 spiro atoms. The first-order chi connectivity index (χ1) is 10.8. The lowest BCUT2D eigenvalue weighted by atomic mass is 10.2. The second-order valence-electron chi connectivity index (χ2n) is 5.98. The standard InChI is InChI=1S/C17H18N2O3/c20-17(15-10-16(22-18-15)12-6-7-12)19-9-8-14(11-19)21-13-4-2-1-3-5-13/h1-5,10,12,14H,6-9,11H2/t14-/m1/s1. The maximum Gasteiger partial charge on any atom is 0.276 e. The zero-order chi connectivity index (χ0) is 14.9. The summed E-state index contributed by atoms with van der Waals surface area (Å²) in [5.74, 6) is 2.11. The van der Waals surface area contributed by atoms with Gasteiger partial charge in [-0.25, -0.2) is 0 Å². The molecule has 1 saturated heterocycles. The molecule has 5 heteroatoms. The molecule has 1 aromatic carbocycles. The number of aromatic nitrogens is 1.